The molecule has 0 atom stereocenters. The van der Waals surface area contributed by atoms with Crippen LogP contribution in [0.4, 0.5) is 5.69 Å². The summed E-state index contributed by atoms with van der Waals surface area (Å²) < 4.78 is 3.26. The van der Waals surface area contributed by atoms with Crippen LogP contribution < -0.4 is 4.72 Å². The van der Waals surface area contributed by atoms with Gasteiger partial charge in [-0.1, -0.05) is 18.9 Å². The van der Waals surface area contributed by atoms with Gasteiger partial charge in [-0.15, -0.1) is 0 Å². The number of aryl methyl sites for hydroxylation is 1. The molecule has 0 saturated heterocycles. The van der Waals surface area contributed by atoms with Gasteiger partial charge in [0, 0.05) is 43.1 Å². The molecule has 1 heterocycles. The van der Waals surface area contributed by atoms with Crippen molar-refractivity contribution in [1.82, 2.24) is 9.88 Å². The number of H-pyrrole nitrogens is 1. The van der Waals surface area contributed by atoms with Crippen molar-refractivity contribution in [3.63, 3.8) is 0 Å². The molecule has 120 valence electrons. The summed E-state index contributed by atoms with van der Waals surface area (Å²) in [4.78, 5) is 17.3. The Morgan fingerprint density at radius 3 is 2.74 bits per heavy atom. The van der Waals surface area contributed by atoms with E-state index in [2.05, 4.69) is 22.7 Å². The van der Waals surface area contributed by atoms with Crippen molar-refractivity contribution < 1.29 is 4.79 Å². The quantitative estimate of drug-likeness (QED) is 0.367. The van der Waals surface area contributed by atoms with E-state index in [9.17, 15) is 10.1 Å². The lowest BCUT2D eigenvalue weighted by Gasteiger charge is -2.08. The van der Waals surface area contributed by atoms with Gasteiger partial charge in [-0.3, -0.25) is 4.79 Å². The summed E-state index contributed by atoms with van der Waals surface area (Å²) >= 11 is 1.53. The second-order valence-corrected chi connectivity index (χ2v) is 6.00. The lowest BCUT2D eigenvalue weighted by Crippen LogP contribution is -2.09. The van der Waals surface area contributed by atoms with E-state index >= 15 is 0 Å². The zero-order valence-electron chi connectivity index (χ0n) is 13.7. The van der Waals surface area contributed by atoms with Crippen LogP contribution in [0.25, 0.3) is 10.9 Å². The van der Waals surface area contributed by atoms with E-state index in [1.54, 1.807) is 25.1 Å². The molecule has 23 heavy (non-hydrogen) atoms. The number of hydrogen-bond donors (Lipinski definition) is 2. The van der Waals surface area contributed by atoms with Crippen molar-refractivity contribution in [2.24, 2.45) is 0 Å². The summed E-state index contributed by atoms with van der Waals surface area (Å²) in [6.45, 7) is 2.10. The molecule has 0 saturated carbocycles. The third kappa shape index (κ3) is 3.69. The number of carbonyl (C=O) groups excluding carboxylic acids is 1. The number of fused-ring (bicyclic) bond motifs is 1. The summed E-state index contributed by atoms with van der Waals surface area (Å²) in [5.74, 6) is -0.296. The fourth-order valence-electron chi connectivity index (χ4n) is 2.39. The maximum absolute atomic E-state index is 12.5. The van der Waals surface area contributed by atoms with Crippen LogP contribution in [0.5, 0.6) is 0 Å². The van der Waals surface area contributed by atoms with Crippen LogP contribution in [0, 0.1) is 11.3 Å². The van der Waals surface area contributed by atoms with Gasteiger partial charge in [0.25, 0.3) is 0 Å². The number of allylic oxidation sites excluding steroid dienone is 1. The standard InChI is InChI=1S/C17H20N4OS/c1-5-11-6-12-7-16(17(22)13(9-18)10-21(2)3)19-14(12)8-15(11)20-23-4/h6-8,10,19-20H,5H2,1-4H3/b13-10+. The number of benzene rings is 1. The van der Waals surface area contributed by atoms with Crippen molar-refractivity contribution in [2.45, 2.75) is 13.3 Å². The van der Waals surface area contributed by atoms with Crippen LogP contribution in [0.1, 0.15) is 23.0 Å². The third-order valence-electron chi connectivity index (χ3n) is 3.43. The zero-order chi connectivity index (χ0) is 17.0. The maximum Gasteiger partial charge on any atom is 0.221 e. The van der Waals surface area contributed by atoms with Gasteiger partial charge in [0.1, 0.15) is 11.6 Å². The summed E-state index contributed by atoms with van der Waals surface area (Å²) in [5, 5.41) is 10.2. The van der Waals surface area contributed by atoms with Gasteiger partial charge >= 0.3 is 0 Å². The Labute approximate surface area is 140 Å². The molecule has 2 aromatic rings. The molecule has 2 N–H and O–H groups in total. The Bertz CT molecular complexity index is 799. The number of nitrogens with zero attached hydrogens (tertiary/aromatic N) is 2. The SMILES string of the molecule is CCc1cc2cc(C(=O)/C(C#N)=C/N(C)C)[nH]c2cc1NSC. The summed E-state index contributed by atoms with van der Waals surface area (Å²) in [6.07, 6.45) is 4.40. The minimum atomic E-state index is -0.296. The topological polar surface area (TPSA) is 71.9 Å². The lowest BCUT2D eigenvalue weighted by molar-refractivity contribution is 0.103. The smallest absolute Gasteiger partial charge is 0.221 e. The molecule has 2 rings (SSSR count). The van der Waals surface area contributed by atoms with E-state index in [0.29, 0.717) is 5.69 Å². The highest BCUT2D eigenvalue weighted by Crippen LogP contribution is 2.27. The molecule has 1 aromatic heterocycles. The van der Waals surface area contributed by atoms with Crippen LogP contribution in [0.2, 0.25) is 0 Å². The normalized spacial score (nSPS) is 11.3. The zero-order valence-corrected chi connectivity index (χ0v) is 14.5. The van der Waals surface area contributed by atoms with Crippen LogP contribution in [0.15, 0.2) is 30.0 Å². The molecule has 0 bridgehead atoms. The fourth-order valence-corrected chi connectivity index (χ4v) is 2.80. The highest BCUT2D eigenvalue weighted by molar-refractivity contribution is 7.99. The maximum atomic E-state index is 12.5. The number of rotatable bonds is 6. The van der Waals surface area contributed by atoms with Gasteiger partial charge in [0.15, 0.2) is 0 Å². The van der Waals surface area contributed by atoms with Crippen LogP contribution >= 0.6 is 11.9 Å². The molecule has 0 aliphatic rings. The molecule has 0 aliphatic heterocycles. The molecule has 6 heteroatoms. The summed E-state index contributed by atoms with van der Waals surface area (Å²) in [7, 11) is 3.56. The predicted octanol–water partition coefficient (Wildman–Crippen LogP) is 3.57. The van der Waals surface area contributed by atoms with Gasteiger partial charge < -0.3 is 14.6 Å². The molecule has 0 radical (unpaired) electrons. The highest BCUT2D eigenvalue weighted by Gasteiger charge is 2.16. The summed E-state index contributed by atoms with van der Waals surface area (Å²) in [6, 6.07) is 7.85. The first-order valence-electron chi connectivity index (χ1n) is 7.27. The highest BCUT2D eigenvalue weighted by atomic mass is 32.2. The number of aromatic amines is 1. The monoisotopic (exact) mass is 328 g/mol. The van der Waals surface area contributed by atoms with E-state index < -0.39 is 0 Å². The Kier molecular flexibility index (Phi) is 5.35. The van der Waals surface area contributed by atoms with E-state index in [-0.39, 0.29) is 11.4 Å². The van der Waals surface area contributed by atoms with Crippen molar-refractivity contribution in [3.05, 3.63) is 41.2 Å². The molecule has 0 fully saturated rings. The molecule has 1 aromatic carbocycles. The number of hydrogen-bond acceptors (Lipinski definition) is 5. The second-order valence-electron chi connectivity index (χ2n) is 5.39. The fraction of sp³-hybridized carbons (Fsp3) is 0.294. The Balaban J connectivity index is 2.48. The molecule has 0 unspecified atom stereocenters. The first-order chi connectivity index (χ1) is 11.0. The Morgan fingerprint density at radius 1 is 1.43 bits per heavy atom. The van der Waals surface area contributed by atoms with Crippen molar-refractivity contribution in [2.75, 3.05) is 25.1 Å². The van der Waals surface area contributed by atoms with E-state index in [1.807, 2.05) is 18.4 Å². The molecule has 0 spiro atoms. The number of aromatic nitrogens is 1. The van der Waals surface area contributed by atoms with Gasteiger partial charge in [0.2, 0.25) is 5.78 Å². The van der Waals surface area contributed by atoms with Crippen LogP contribution in [-0.2, 0) is 6.42 Å². The second kappa shape index (κ2) is 7.25. The largest absolute Gasteiger partial charge is 0.382 e. The molecule has 0 aliphatic carbocycles. The van der Waals surface area contributed by atoms with Crippen LogP contribution in [0.3, 0.4) is 0 Å². The summed E-state index contributed by atoms with van der Waals surface area (Å²) in [5.41, 5.74) is 3.65. The van der Waals surface area contributed by atoms with E-state index in [4.69, 9.17) is 0 Å². The van der Waals surface area contributed by atoms with Gasteiger partial charge in [-0.25, -0.2) is 0 Å². The van der Waals surface area contributed by atoms with Gasteiger partial charge in [-0.05, 0) is 30.2 Å². The Hall–Kier alpha value is -2.39. The third-order valence-corrected chi connectivity index (χ3v) is 3.86. The van der Waals surface area contributed by atoms with E-state index in [1.165, 1.54) is 23.7 Å². The number of carbonyl (C=O) groups is 1. The Morgan fingerprint density at radius 2 is 2.17 bits per heavy atom. The van der Waals surface area contributed by atoms with Crippen molar-refractivity contribution in [1.29, 1.82) is 5.26 Å². The minimum Gasteiger partial charge on any atom is -0.382 e. The predicted molar refractivity (Wildman–Crippen MR) is 96.5 cm³/mol. The van der Waals surface area contributed by atoms with Crippen molar-refractivity contribution in [3.8, 4) is 6.07 Å². The average Bonchev–Trinajstić information content (AvgIpc) is 2.94. The van der Waals surface area contributed by atoms with Crippen molar-refractivity contribution >= 4 is 34.3 Å². The molecular formula is C17H20N4OS. The molecular weight excluding hydrogens is 308 g/mol. The lowest BCUT2D eigenvalue weighted by atomic mass is 10.1. The van der Waals surface area contributed by atoms with E-state index in [0.717, 1.165) is 23.0 Å². The first-order valence-corrected chi connectivity index (χ1v) is 8.50. The number of ketones is 1. The van der Waals surface area contributed by atoms with Gasteiger partial charge in [-0.2, -0.15) is 5.26 Å². The van der Waals surface area contributed by atoms with Crippen LogP contribution in [-0.4, -0.2) is 36.0 Å². The first kappa shape index (κ1) is 17.0. The van der Waals surface area contributed by atoms with Gasteiger partial charge in [0.05, 0.1) is 5.69 Å². The number of nitrogens with one attached hydrogen (secondary N) is 2. The minimum absolute atomic E-state index is 0.111. The average molecular weight is 328 g/mol. The molecule has 0 amide bonds. The molecule has 5 nitrogen and oxygen atoms in total. The number of anilines is 1. The number of Topliss-reactive ketones (excluding diaryl/α,β-unsaturated/α-hetero) is 1. The number of nitriles is 1.